The van der Waals surface area contributed by atoms with E-state index in [2.05, 4.69) is 24.4 Å². The molecule has 3 rings (SSSR count). The third kappa shape index (κ3) is 5.04. The molecular formula is C21H24N2O4S. The number of nitrogens with zero attached hydrogens (tertiary/aromatic N) is 1. The summed E-state index contributed by atoms with van der Waals surface area (Å²) in [5.74, 6) is 2.17. The monoisotopic (exact) mass is 400 g/mol. The fourth-order valence-electron chi connectivity index (χ4n) is 3.36. The zero-order chi connectivity index (χ0) is 20.1. The Morgan fingerprint density at radius 1 is 1.32 bits per heavy atom. The lowest BCUT2D eigenvalue weighted by molar-refractivity contribution is -0.385. The van der Waals surface area contributed by atoms with Gasteiger partial charge in [-0.25, -0.2) is 0 Å². The number of hydrogen-bond acceptors (Lipinski definition) is 5. The predicted octanol–water partition coefficient (Wildman–Crippen LogP) is 4.35. The van der Waals surface area contributed by atoms with E-state index in [0.29, 0.717) is 23.3 Å². The maximum atomic E-state index is 12.5. The molecular weight excluding hydrogens is 376 g/mol. The lowest BCUT2D eigenvalue weighted by Crippen LogP contribution is -2.31. The van der Waals surface area contributed by atoms with Gasteiger partial charge in [0.1, 0.15) is 0 Å². The average Bonchev–Trinajstić information content (AvgIpc) is 3.42. The fourth-order valence-corrected chi connectivity index (χ4v) is 4.14. The van der Waals surface area contributed by atoms with Gasteiger partial charge in [0.2, 0.25) is 5.91 Å². The summed E-state index contributed by atoms with van der Waals surface area (Å²) >= 11 is 1.44. The van der Waals surface area contributed by atoms with Crippen LogP contribution in [-0.2, 0) is 10.5 Å². The lowest BCUT2D eigenvalue weighted by Gasteiger charge is -2.19. The molecule has 0 radical (unpaired) electrons. The molecule has 2 aromatic carbocycles. The predicted molar refractivity (Wildman–Crippen MR) is 110 cm³/mol. The second kappa shape index (κ2) is 9.10. The van der Waals surface area contributed by atoms with Crippen LogP contribution < -0.4 is 10.1 Å². The highest BCUT2D eigenvalue weighted by Gasteiger charge is 2.40. The SMILES string of the molecule is COc1ccc(CSCC(=O)NC(c2ccccc2)C2CC2C)cc1[N+](=O)[O-]. The molecule has 3 atom stereocenters. The summed E-state index contributed by atoms with van der Waals surface area (Å²) in [5, 5.41) is 14.3. The number of carbonyl (C=O) groups excluding carboxylic acids is 1. The van der Waals surface area contributed by atoms with E-state index in [4.69, 9.17) is 4.74 Å². The van der Waals surface area contributed by atoms with Crippen LogP contribution in [0.2, 0.25) is 0 Å². The van der Waals surface area contributed by atoms with E-state index in [9.17, 15) is 14.9 Å². The van der Waals surface area contributed by atoms with Gasteiger partial charge in [0.25, 0.3) is 0 Å². The average molecular weight is 401 g/mol. The molecule has 0 aromatic heterocycles. The van der Waals surface area contributed by atoms with Gasteiger partial charge in [0.05, 0.1) is 23.8 Å². The number of carbonyl (C=O) groups is 1. The number of nitro benzene ring substituents is 1. The molecule has 0 heterocycles. The van der Waals surface area contributed by atoms with Crippen molar-refractivity contribution in [2.24, 2.45) is 11.8 Å². The van der Waals surface area contributed by atoms with Crippen molar-refractivity contribution in [3.8, 4) is 5.75 Å². The summed E-state index contributed by atoms with van der Waals surface area (Å²) in [6.45, 7) is 2.21. The molecule has 1 N–H and O–H groups in total. The molecule has 3 unspecified atom stereocenters. The van der Waals surface area contributed by atoms with E-state index in [1.165, 1.54) is 24.9 Å². The maximum absolute atomic E-state index is 12.5. The summed E-state index contributed by atoms with van der Waals surface area (Å²) in [6.07, 6.45) is 1.13. The number of nitro groups is 1. The number of benzene rings is 2. The van der Waals surface area contributed by atoms with E-state index < -0.39 is 4.92 Å². The van der Waals surface area contributed by atoms with E-state index in [1.54, 1.807) is 12.1 Å². The highest BCUT2D eigenvalue weighted by molar-refractivity contribution is 7.99. The van der Waals surface area contributed by atoms with Crippen LogP contribution in [0, 0.1) is 22.0 Å². The first-order valence-corrected chi connectivity index (χ1v) is 10.4. The summed E-state index contributed by atoms with van der Waals surface area (Å²) in [6, 6.07) is 15.0. The minimum Gasteiger partial charge on any atom is -0.490 e. The van der Waals surface area contributed by atoms with Crippen LogP contribution in [0.3, 0.4) is 0 Å². The van der Waals surface area contributed by atoms with Gasteiger partial charge in [-0.3, -0.25) is 14.9 Å². The third-order valence-electron chi connectivity index (χ3n) is 5.02. The van der Waals surface area contributed by atoms with Crippen molar-refractivity contribution in [1.29, 1.82) is 0 Å². The molecule has 148 valence electrons. The van der Waals surface area contributed by atoms with Gasteiger partial charge in [-0.1, -0.05) is 43.3 Å². The number of methoxy groups -OCH3 is 1. The first kappa shape index (κ1) is 20.2. The first-order chi connectivity index (χ1) is 13.5. The van der Waals surface area contributed by atoms with Gasteiger partial charge in [0.15, 0.2) is 5.75 Å². The maximum Gasteiger partial charge on any atom is 0.311 e. The van der Waals surface area contributed by atoms with E-state index in [1.807, 2.05) is 18.2 Å². The Morgan fingerprint density at radius 3 is 2.64 bits per heavy atom. The number of thioether (sulfide) groups is 1. The molecule has 2 aromatic rings. The second-order valence-corrected chi connectivity index (χ2v) is 8.07. The standard InChI is InChI=1S/C21H24N2O4S/c1-14-10-17(14)21(16-6-4-3-5-7-16)22-20(24)13-28-12-15-8-9-19(27-2)18(11-15)23(25)26/h3-9,11,14,17,21H,10,12-13H2,1-2H3,(H,22,24). The minimum atomic E-state index is -0.457. The van der Waals surface area contributed by atoms with Crippen molar-refractivity contribution in [2.45, 2.75) is 25.1 Å². The zero-order valence-electron chi connectivity index (χ0n) is 16.0. The molecule has 0 spiro atoms. The van der Waals surface area contributed by atoms with E-state index in [0.717, 1.165) is 17.5 Å². The van der Waals surface area contributed by atoms with Crippen LogP contribution in [0.5, 0.6) is 5.75 Å². The zero-order valence-corrected chi connectivity index (χ0v) is 16.8. The smallest absolute Gasteiger partial charge is 0.311 e. The van der Waals surface area contributed by atoms with Gasteiger partial charge >= 0.3 is 5.69 Å². The molecule has 6 nitrogen and oxygen atoms in total. The van der Waals surface area contributed by atoms with Gasteiger partial charge in [-0.15, -0.1) is 11.8 Å². The van der Waals surface area contributed by atoms with Crippen molar-refractivity contribution in [2.75, 3.05) is 12.9 Å². The van der Waals surface area contributed by atoms with Crippen LogP contribution >= 0.6 is 11.8 Å². The van der Waals surface area contributed by atoms with Crippen molar-refractivity contribution in [3.05, 3.63) is 69.8 Å². The number of nitrogens with one attached hydrogen (secondary N) is 1. The van der Waals surface area contributed by atoms with Crippen LogP contribution in [0.4, 0.5) is 5.69 Å². The quantitative estimate of drug-likeness (QED) is 0.500. The fraction of sp³-hybridized carbons (Fsp3) is 0.381. The Bertz CT molecular complexity index is 844. The van der Waals surface area contributed by atoms with Crippen molar-refractivity contribution in [1.82, 2.24) is 5.32 Å². The molecule has 1 amide bonds. The van der Waals surface area contributed by atoms with Crippen LogP contribution in [0.15, 0.2) is 48.5 Å². The molecule has 0 saturated heterocycles. The molecule has 1 aliphatic rings. The highest BCUT2D eigenvalue weighted by atomic mass is 32.2. The van der Waals surface area contributed by atoms with Gasteiger partial charge < -0.3 is 10.1 Å². The Labute approximate surface area is 168 Å². The molecule has 28 heavy (non-hydrogen) atoms. The van der Waals surface area contributed by atoms with E-state index in [-0.39, 0.29) is 23.4 Å². The minimum absolute atomic E-state index is 0.0130. The molecule has 0 aliphatic heterocycles. The normalized spacial score (nSPS) is 18.9. The number of ether oxygens (including phenoxy) is 1. The summed E-state index contributed by atoms with van der Waals surface area (Å²) in [4.78, 5) is 23.1. The lowest BCUT2D eigenvalue weighted by atomic mass is 10.0. The Balaban J connectivity index is 1.55. The Hall–Kier alpha value is -2.54. The van der Waals surface area contributed by atoms with Crippen LogP contribution in [0.25, 0.3) is 0 Å². The largest absolute Gasteiger partial charge is 0.490 e. The molecule has 1 saturated carbocycles. The van der Waals surface area contributed by atoms with Crippen molar-refractivity contribution in [3.63, 3.8) is 0 Å². The van der Waals surface area contributed by atoms with Gasteiger partial charge in [-0.05, 0) is 35.4 Å². The second-order valence-electron chi connectivity index (χ2n) is 7.09. The van der Waals surface area contributed by atoms with Gasteiger partial charge in [-0.2, -0.15) is 0 Å². The number of rotatable bonds is 9. The summed E-state index contributed by atoms with van der Waals surface area (Å²) < 4.78 is 5.01. The molecule has 1 fully saturated rings. The van der Waals surface area contributed by atoms with E-state index >= 15 is 0 Å². The number of hydrogen-bond donors (Lipinski definition) is 1. The van der Waals surface area contributed by atoms with Crippen LogP contribution in [-0.4, -0.2) is 23.7 Å². The van der Waals surface area contributed by atoms with Gasteiger partial charge in [0, 0.05) is 11.8 Å². The first-order valence-electron chi connectivity index (χ1n) is 9.23. The molecule has 1 aliphatic carbocycles. The molecule has 7 heteroatoms. The topological polar surface area (TPSA) is 81.5 Å². The van der Waals surface area contributed by atoms with Crippen molar-refractivity contribution >= 4 is 23.4 Å². The Morgan fingerprint density at radius 2 is 2.04 bits per heavy atom. The third-order valence-corrected chi connectivity index (χ3v) is 6.02. The van der Waals surface area contributed by atoms with Crippen LogP contribution in [0.1, 0.15) is 30.5 Å². The Kier molecular flexibility index (Phi) is 6.57. The summed E-state index contributed by atoms with van der Waals surface area (Å²) in [7, 11) is 1.41. The highest BCUT2D eigenvalue weighted by Crippen LogP contribution is 2.46. The summed E-state index contributed by atoms with van der Waals surface area (Å²) in [5.41, 5.74) is 1.87. The van der Waals surface area contributed by atoms with Crippen molar-refractivity contribution < 1.29 is 14.5 Å². The molecule has 0 bridgehead atoms. The number of amides is 1.